The highest BCUT2D eigenvalue weighted by Crippen LogP contribution is 2.43. The first-order chi connectivity index (χ1) is 19.7. The SMILES string of the molecule is CC(=O)O[C@@H](C)C(=O)Nc1ccc([C@H]2O[C@@H](CSc3ncccc3C(=O)O)[C@@H](C)[C@@H](c3ccc(CO)cc3)O2)cc1. The molecule has 41 heavy (non-hydrogen) atoms. The van der Waals surface area contributed by atoms with E-state index in [1.54, 1.807) is 36.5 Å². The van der Waals surface area contributed by atoms with Crippen LogP contribution in [0.15, 0.2) is 71.9 Å². The zero-order chi connectivity index (χ0) is 29.5. The number of hydrogen-bond acceptors (Lipinski definition) is 9. The Morgan fingerprint density at radius 2 is 1.73 bits per heavy atom. The molecule has 0 spiro atoms. The Hall–Kier alpha value is -3.77. The number of esters is 1. The van der Waals surface area contributed by atoms with Gasteiger partial charge in [0.15, 0.2) is 12.4 Å². The van der Waals surface area contributed by atoms with Gasteiger partial charge in [-0.05, 0) is 42.3 Å². The molecule has 2 aromatic carbocycles. The van der Waals surface area contributed by atoms with E-state index in [2.05, 4.69) is 10.3 Å². The van der Waals surface area contributed by atoms with E-state index in [-0.39, 0.29) is 30.3 Å². The maximum Gasteiger partial charge on any atom is 0.338 e. The minimum atomic E-state index is -1.05. The van der Waals surface area contributed by atoms with E-state index in [0.717, 1.165) is 16.7 Å². The Bertz CT molecular complexity index is 1370. The molecule has 1 saturated heterocycles. The molecule has 216 valence electrons. The Morgan fingerprint density at radius 1 is 1.05 bits per heavy atom. The molecule has 0 saturated carbocycles. The zero-order valence-corrected chi connectivity index (χ0v) is 23.7. The van der Waals surface area contributed by atoms with Gasteiger partial charge >= 0.3 is 11.9 Å². The molecule has 11 heteroatoms. The number of nitrogens with zero attached hydrogens (tertiary/aromatic N) is 1. The van der Waals surface area contributed by atoms with E-state index in [1.807, 2.05) is 31.2 Å². The van der Waals surface area contributed by atoms with Gasteiger partial charge in [-0.1, -0.05) is 43.3 Å². The first-order valence-corrected chi connectivity index (χ1v) is 14.0. The Morgan fingerprint density at radius 3 is 2.37 bits per heavy atom. The summed E-state index contributed by atoms with van der Waals surface area (Å²) in [6.45, 7) is 4.69. The number of carbonyl (C=O) groups excluding carboxylic acids is 2. The lowest BCUT2D eigenvalue weighted by atomic mass is 9.91. The molecule has 0 radical (unpaired) electrons. The highest BCUT2D eigenvalue weighted by molar-refractivity contribution is 7.99. The Labute approximate surface area is 242 Å². The minimum absolute atomic E-state index is 0.0646. The van der Waals surface area contributed by atoms with E-state index in [9.17, 15) is 24.6 Å². The molecule has 2 heterocycles. The quantitative estimate of drug-likeness (QED) is 0.227. The van der Waals surface area contributed by atoms with Crippen LogP contribution >= 0.6 is 11.8 Å². The molecule has 1 aliphatic rings. The number of aromatic carboxylic acids is 1. The minimum Gasteiger partial charge on any atom is -0.478 e. The summed E-state index contributed by atoms with van der Waals surface area (Å²) in [6.07, 6.45) is -0.792. The lowest BCUT2D eigenvalue weighted by Crippen LogP contribution is -2.38. The molecule has 3 aromatic rings. The third kappa shape index (κ3) is 7.70. The van der Waals surface area contributed by atoms with E-state index in [0.29, 0.717) is 16.5 Å². The van der Waals surface area contributed by atoms with E-state index in [4.69, 9.17) is 14.2 Å². The number of pyridine rings is 1. The largest absolute Gasteiger partial charge is 0.478 e. The van der Waals surface area contributed by atoms with E-state index >= 15 is 0 Å². The van der Waals surface area contributed by atoms with Crippen LogP contribution in [0.4, 0.5) is 5.69 Å². The van der Waals surface area contributed by atoms with Crippen molar-refractivity contribution in [1.82, 2.24) is 4.98 Å². The number of aromatic nitrogens is 1. The molecule has 5 atom stereocenters. The predicted molar refractivity (Wildman–Crippen MR) is 151 cm³/mol. The maximum atomic E-state index is 12.3. The average Bonchev–Trinajstić information content (AvgIpc) is 2.97. The summed E-state index contributed by atoms with van der Waals surface area (Å²) in [5, 5.41) is 22.1. The van der Waals surface area contributed by atoms with E-state index < -0.39 is 30.2 Å². The highest BCUT2D eigenvalue weighted by Gasteiger charge is 2.38. The average molecular weight is 581 g/mol. The van der Waals surface area contributed by atoms with Crippen molar-refractivity contribution < 1.29 is 38.8 Å². The van der Waals surface area contributed by atoms with Crippen LogP contribution in [0.2, 0.25) is 0 Å². The van der Waals surface area contributed by atoms with Crippen molar-refractivity contribution in [3.63, 3.8) is 0 Å². The number of rotatable bonds is 10. The van der Waals surface area contributed by atoms with Gasteiger partial charge in [-0.15, -0.1) is 11.8 Å². The summed E-state index contributed by atoms with van der Waals surface area (Å²) < 4.78 is 17.8. The molecule has 0 unspecified atom stereocenters. The number of thioether (sulfide) groups is 1. The molecular weight excluding hydrogens is 548 g/mol. The smallest absolute Gasteiger partial charge is 0.338 e. The van der Waals surface area contributed by atoms with Gasteiger partial charge in [-0.25, -0.2) is 9.78 Å². The summed E-state index contributed by atoms with van der Waals surface area (Å²) >= 11 is 1.31. The van der Waals surface area contributed by atoms with Crippen LogP contribution in [-0.2, 0) is 30.4 Å². The van der Waals surface area contributed by atoms with E-state index in [1.165, 1.54) is 31.7 Å². The number of carbonyl (C=O) groups is 3. The fraction of sp³-hybridized carbons (Fsp3) is 0.333. The highest BCUT2D eigenvalue weighted by atomic mass is 32.2. The number of amides is 1. The normalized spacial score (nSPS) is 21.1. The second kappa shape index (κ2) is 13.7. The molecule has 0 bridgehead atoms. The second-order valence-electron chi connectivity index (χ2n) is 9.66. The van der Waals surface area contributed by atoms with Crippen molar-refractivity contribution in [3.05, 3.63) is 89.1 Å². The van der Waals surface area contributed by atoms with Crippen LogP contribution in [0.3, 0.4) is 0 Å². The summed E-state index contributed by atoms with van der Waals surface area (Å²) in [4.78, 5) is 39.4. The number of ether oxygens (including phenoxy) is 3. The molecular formula is C30H32N2O8S. The summed E-state index contributed by atoms with van der Waals surface area (Å²) in [5.74, 6) is -1.70. The zero-order valence-electron chi connectivity index (χ0n) is 22.9. The number of carboxylic acids is 1. The molecule has 1 amide bonds. The summed E-state index contributed by atoms with van der Waals surface area (Å²) in [7, 11) is 0. The van der Waals surface area contributed by atoms with Crippen molar-refractivity contribution in [2.45, 2.75) is 57.0 Å². The second-order valence-corrected chi connectivity index (χ2v) is 10.7. The maximum absolute atomic E-state index is 12.3. The standard InChI is InChI=1S/C30H32N2O8S/c1-17-25(16-41-28-24(29(36)37)5-4-14-31-28)39-30(40-26(17)21-8-6-20(15-33)7-9-21)22-10-12-23(13-11-22)32-27(35)18(2)38-19(3)34/h4-14,17-18,25-26,30,33H,15-16H2,1-3H3,(H,32,35)(H,36,37)/t17-,18+,25+,26+,30+/m1/s1. The molecule has 10 nitrogen and oxygen atoms in total. The number of carboxylic acid groups (broad SMARTS) is 1. The van der Waals surface area contributed by atoms with Gasteiger partial charge in [0.1, 0.15) is 5.03 Å². The number of aliphatic hydroxyl groups excluding tert-OH is 1. The van der Waals surface area contributed by atoms with Crippen LogP contribution in [0.25, 0.3) is 0 Å². The van der Waals surface area contributed by atoms with Gasteiger partial charge in [0.25, 0.3) is 5.91 Å². The third-order valence-corrected chi connectivity index (χ3v) is 7.77. The van der Waals surface area contributed by atoms with Crippen LogP contribution in [-0.4, -0.2) is 51.0 Å². The Kier molecular flexibility index (Phi) is 10.1. The number of hydrogen-bond donors (Lipinski definition) is 3. The van der Waals surface area contributed by atoms with Crippen LogP contribution < -0.4 is 5.32 Å². The number of nitrogens with one attached hydrogen (secondary N) is 1. The fourth-order valence-electron chi connectivity index (χ4n) is 4.41. The Balaban J connectivity index is 1.54. The first kappa shape index (κ1) is 30.2. The van der Waals surface area contributed by atoms with Crippen molar-refractivity contribution in [2.75, 3.05) is 11.1 Å². The van der Waals surface area contributed by atoms with Gasteiger partial charge in [0, 0.05) is 36.0 Å². The van der Waals surface area contributed by atoms with Crippen molar-refractivity contribution in [3.8, 4) is 0 Å². The number of aliphatic hydroxyl groups is 1. The van der Waals surface area contributed by atoms with Crippen molar-refractivity contribution in [2.24, 2.45) is 5.92 Å². The number of benzene rings is 2. The van der Waals surface area contributed by atoms with Crippen LogP contribution in [0.1, 0.15) is 60.2 Å². The summed E-state index contributed by atoms with van der Waals surface area (Å²) in [5.41, 5.74) is 3.07. The monoisotopic (exact) mass is 580 g/mol. The number of anilines is 1. The first-order valence-electron chi connectivity index (χ1n) is 13.1. The molecule has 0 aliphatic carbocycles. The van der Waals surface area contributed by atoms with Gasteiger partial charge < -0.3 is 29.7 Å². The predicted octanol–water partition coefficient (Wildman–Crippen LogP) is 4.75. The summed E-state index contributed by atoms with van der Waals surface area (Å²) in [6, 6.07) is 17.6. The topological polar surface area (TPSA) is 144 Å². The van der Waals surface area contributed by atoms with Gasteiger partial charge in [0.2, 0.25) is 0 Å². The fourth-order valence-corrected chi connectivity index (χ4v) is 5.56. The van der Waals surface area contributed by atoms with Crippen LogP contribution in [0, 0.1) is 5.92 Å². The van der Waals surface area contributed by atoms with Crippen LogP contribution in [0.5, 0.6) is 0 Å². The lowest BCUT2D eigenvalue weighted by molar-refractivity contribution is -0.268. The molecule has 1 aliphatic heterocycles. The van der Waals surface area contributed by atoms with Gasteiger partial charge in [0.05, 0.1) is 24.4 Å². The molecule has 3 N–H and O–H groups in total. The van der Waals surface area contributed by atoms with Crippen molar-refractivity contribution >= 4 is 35.3 Å². The van der Waals surface area contributed by atoms with Gasteiger partial charge in [-0.3, -0.25) is 9.59 Å². The van der Waals surface area contributed by atoms with Gasteiger partial charge in [-0.2, -0.15) is 0 Å². The third-order valence-electron chi connectivity index (χ3n) is 6.67. The lowest BCUT2D eigenvalue weighted by Gasteiger charge is -2.41. The molecule has 4 rings (SSSR count). The molecule has 1 fully saturated rings. The van der Waals surface area contributed by atoms with Crippen molar-refractivity contribution in [1.29, 1.82) is 0 Å². The molecule has 1 aromatic heterocycles.